The zero-order valence-electron chi connectivity index (χ0n) is 10.9. The van der Waals surface area contributed by atoms with Crippen LogP contribution in [0.4, 0.5) is 0 Å². The zero-order chi connectivity index (χ0) is 13.1. The Kier molecular flexibility index (Phi) is 3.72. The summed E-state index contributed by atoms with van der Waals surface area (Å²) < 4.78 is 10.6. The number of fused-ring (bicyclic) bond motifs is 1. The van der Waals surface area contributed by atoms with Crippen LogP contribution in [0.25, 0.3) is 0 Å². The number of hydrogen-bond acceptors (Lipinski definition) is 4. The molecule has 0 radical (unpaired) electrons. The Morgan fingerprint density at radius 2 is 2.17 bits per heavy atom. The van der Waals surface area contributed by atoms with Crippen molar-refractivity contribution in [2.75, 3.05) is 20.9 Å². The predicted molar refractivity (Wildman–Crippen MR) is 67.6 cm³/mol. The zero-order valence-corrected chi connectivity index (χ0v) is 10.9. The molecule has 1 amide bonds. The molecule has 0 aromatic heterocycles. The summed E-state index contributed by atoms with van der Waals surface area (Å²) in [6.45, 7) is 2.85. The van der Waals surface area contributed by atoms with Crippen molar-refractivity contribution < 1.29 is 14.3 Å². The molecule has 1 aromatic carbocycles. The van der Waals surface area contributed by atoms with Gasteiger partial charge < -0.3 is 14.8 Å². The van der Waals surface area contributed by atoms with Gasteiger partial charge in [-0.1, -0.05) is 6.07 Å². The van der Waals surface area contributed by atoms with Crippen molar-refractivity contribution in [3.63, 3.8) is 0 Å². The fourth-order valence-electron chi connectivity index (χ4n) is 1.87. The highest BCUT2D eigenvalue weighted by Gasteiger charge is 2.18. The minimum absolute atomic E-state index is 0.0123. The normalized spacial score (nSPS) is 14.7. The van der Waals surface area contributed by atoms with E-state index in [1.54, 1.807) is 7.05 Å². The maximum atomic E-state index is 11.5. The van der Waals surface area contributed by atoms with E-state index >= 15 is 0 Å². The van der Waals surface area contributed by atoms with Crippen LogP contribution in [-0.4, -0.2) is 37.7 Å². The van der Waals surface area contributed by atoms with Crippen LogP contribution in [0.1, 0.15) is 12.5 Å². The molecule has 0 fully saturated rings. The van der Waals surface area contributed by atoms with Crippen molar-refractivity contribution in [1.82, 2.24) is 10.2 Å². The fourth-order valence-corrected chi connectivity index (χ4v) is 1.87. The lowest BCUT2D eigenvalue weighted by atomic mass is 10.1. The molecule has 0 aliphatic carbocycles. The molecule has 2 rings (SSSR count). The lowest BCUT2D eigenvalue weighted by Crippen LogP contribution is -2.41. The van der Waals surface area contributed by atoms with Crippen molar-refractivity contribution in [2.45, 2.75) is 19.5 Å². The minimum Gasteiger partial charge on any atom is -0.454 e. The van der Waals surface area contributed by atoms with Crippen molar-refractivity contribution in [3.05, 3.63) is 23.8 Å². The van der Waals surface area contributed by atoms with Crippen LogP contribution in [-0.2, 0) is 11.3 Å². The summed E-state index contributed by atoms with van der Waals surface area (Å²) in [5.41, 5.74) is 1.09. The summed E-state index contributed by atoms with van der Waals surface area (Å²) in [5, 5.41) is 2.65. The summed E-state index contributed by atoms with van der Waals surface area (Å²) in [7, 11) is 3.57. The summed E-state index contributed by atoms with van der Waals surface area (Å²) >= 11 is 0. The Balaban J connectivity index is 2.03. The van der Waals surface area contributed by atoms with E-state index in [1.807, 2.05) is 37.1 Å². The molecule has 1 aromatic rings. The van der Waals surface area contributed by atoms with Crippen molar-refractivity contribution in [1.29, 1.82) is 0 Å². The first-order valence-electron chi connectivity index (χ1n) is 5.92. The Labute approximate surface area is 107 Å². The van der Waals surface area contributed by atoms with Gasteiger partial charge in [0.25, 0.3) is 0 Å². The first kappa shape index (κ1) is 12.7. The van der Waals surface area contributed by atoms with Crippen LogP contribution in [0.3, 0.4) is 0 Å². The molecule has 0 unspecified atom stereocenters. The van der Waals surface area contributed by atoms with Gasteiger partial charge in [-0.2, -0.15) is 0 Å². The van der Waals surface area contributed by atoms with E-state index < -0.39 is 0 Å². The van der Waals surface area contributed by atoms with Crippen LogP contribution in [0.2, 0.25) is 0 Å². The lowest BCUT2D eigenvalue weighted by molar-refractivity contribution is -0.125. The second-order valence-electron chi connectivity index (χ2n) is 4.39. The number of nitrogens with one attached hydrogen (secondary N) is 1. The summed E-state index contributed by atoms with van der Waals surface area (Å²) in [4.78, 5) is 13.5. The molecule has 0 bridgehead atoms. The Morgan fingerprint density at radius 3 is 2.89 bits per heavy atom. The summed E-state index contributed by atoms with van der Waals surface area (Å²) in [6.07, 6.45) is 0. The monoisotopic (exact) mass is 250 g/mol. The number of amides is 1. The fraction of sp³-hybridized carbons (Fsp3) is 0.462. The van der Waals surface area contributed by atoms with Gasteiger partial charge in [-0.15, -0.1) is 0 Å². The van der Waals surface area contributed by atoms with Gasteiger partial charge in [0.15, 0.2) is 11.5 Å². The van der Waals surface area contributed by atoms with Gasteiger partial charge in [-0.05, 0) is 31.7 Å². The molecule has 1 atom stereocenters. The Bertz CT molecular complexity index is 448. The van der Waals surface area contributed by atoms with Crippen molar-refractivity contribution in [3.8, 4) is 11.5 Å². The van der Waals surface area contributed by atoms with E-state index in [-0.39, 0.29) is 18.7 Å². The third-order valence-electron chi connectivity index (χ3n) is 3.16. The van der Waals surface area contributed by atoms with Gasteiger partial charge in [-0.25, -0.2) is 0 Å². The summed E-state index contributed by atoms with van der Waals surface area (Å²) in [5.74, 6) is 1.56. The van der Waals surface area contributed by atoms with Gasteiger partial charge in [0.05, 0.1) is 6.04 Å². The van der Waals surface area contributed by atoms with E-state index in [4.69, 9.17) is 9.47 Å². The first-order valence-corrected chi connectivity index (χ1v) is 5.92. The van der Waals surface area contributed by atoms with Crippen LogP contribution < -0.4 is 14.8 Å². The number of hydrogen-bond donors (Lipinski definition) is 1. The number of carbonyl (C=O) groups is 1. The molecule has 1 N–H and O–H groups in total. The second-order valence-corrected chi connectivity index (χ2v) is 4.39. The predicted octanol–water partition coefficient (Wildman–Crippen LogP) is 0.982. The van der Waals surface area contributed by atoms with E-state index in [9.17, 15) is 4.79 Å². The van der Waals surface area contributed by atoms with Crippen molar-refractivity contribution in [2.24, 2.45) is 0 Å². The third-order valence-corrected chi connectivity index (χ3v) is 3.16. The molecule has 0 saturated heterocycles. The quantitative estimate of drug-likeness (QED) is 0.865. The van der Waals surface area contributed by atoms with Crippen LogP contribution in [0, 0.1) is 0 Å². The smallest absolute Gasteiger partial charge is 0.236 e. The maximum absolute atomic E-state index is 11.5. The molecular weight excluding hydrogens is 232 g/mol. The average Bonchev–Trinajstić information content (AvgIpc) is 2.84. The number of carbonyl (C=O) groups excluding carboxylic acids is 1. The van der Waals surface area contributed by atoms with Gasteiger partial charge in [0.2, 0.25) is 12.7 Å². The largest absolute Gasteiger partial charge is 0.454 e. The highest BCUT2D eigenvalue weighted by atomic mass is 16.7. The van der Waals surface area contributed by atoms with Crippen molar-refractivity contribution >= 4 is 5.91 Å². The van der Waals surface area contributed by atoms with Gasteiger partial charge >= 0.3 is 0 Å². The Hall–Kier alpha value is -1.75. The maximum Gasteiger partial charge on any atom is 0.236 e. The summed E-state index contributed by atoms with van der Waals surface area (Å²) in [6, 6.07) is 5.67. The number of likely N-dealkylation sites (N-methyl/N-ethyl adjacent to an activating group) is 2. The number of ether oxygens (including phenoxy) is 2. The van der Waals surface area contributed by atoms with Gasteiger partial charge in [-0.3, -0.25) is 9.69 Å². The van der Waals surface area contributed by atoms with E-state index in [0.717, 1.165) is 17.1 Å². The molecule has 0 spiro atoms. The molecule has 18 heavy (non-hydrogen) atoms. The minimum atomic E-state index is -0.166. The number of benzene rings is 1. The molecule has 5 nitrogen and oxygen atoms in total. The van der Waals surface area contributed by atoms with E-state index in [1.165, 1.54) is 0 Å². The first-order chi connectivity index (χ1) is 8.61. The van der Waals surface area contributed by atoms with E-state index in [0.29, 0.717) is 6.54 Å². The highest BCUT2D eigenvalue weighted by molar-refractivity contribution is 5.80. The third kappa shape index (κ3) is 2.56. The average molecular weight is 250 g/mol. The Morgan fingerprint density at radius 1 is 1.44 bits per heavy atom. The second kappa shape index (κ2) is 5.27. The number of nitrogens with zero attached hydrogens (tertiary/aromatic N) is 1. The molecule has 0 saturated carbocycles. The SMILES string of the molecule is CNC(=O)[C@H](C)N(C)Cc1ccc2c(c1)OCO2. The molecule has 98 valence electrons. The molecule has 5 heteroatoms. The molecule has 1 heterocycles. The standard InChI is InChI=1S/C13H18N2O3/c1-9(13(16)14-2)15(3)7-10-4-5-11-12(6-10)18-8-17-11/h4-6,9H,7-8H2,1-3H3,(H,14,16)/t9-/m0/s1. The van der Waals surface area contributed by atoms with E-state index in [2.05, 4.69) is 5.32 Å². The van der Waals surface area contributed by atoms with Gasteiger partial charge in [0.1, 0.15) is 0 Å². The van der Waals surface area contributed by atoms with Crippen LogP contribution >= 0.6 is 0 Å². The van der Waals surface area contributed by atoms with Gasteiger partial charge in [0, 0.05) is 13.6 Å². The van der Waals surface area contributed by atoms with Crippen LogP contribution in [0.15, 0.2) is 18.2 Å². The topological polar surface area (TPSA) is 50.8 Å². The molecular formula is C13H18N2O3. The van der Waals surface area contributed by atoms with Crippen LogP contribution in [0.5, 0.6) is 11.5 Å². The molecule has 1 aliphatic rings. The highest BCUT2D eigenvalue weighted by Crippen LogP contribution is 2.32. The lowest BCUT2D eigenvalue weighted by Gasteiger charge is -2.23. The number of rotatable bonds is 4. The molecule has 1 aliphatic heterocycles.